The molecule has 1 saturated heterocycles. The van der Waals surface area contributed by atoms with Crippen LogP contribution >= 0.6 is 0 Å². The predicted octanol–water partition coefficient (Wildman–Crippen LogP) is 5.82. The lowest BCUT2D eigenvalue weighted by atomic mass is 9.80. The molecule has 0 bridgehead atoms. The minimum Gasteiger partial charge on any atom is -0.481 e. The van der Waals surface area contributed by atoms with Crippen LogP contribution in [0.3, 0.4) is 0 Å². The van der Waals surface area contributed by atoms with E-state index in [1.165, 1.54) is 22.3 Å². The van der Waals surface area contributed by atoms with Gasteiger partial charge >= 0.3 is 12.1 Å². The monoisotopic (exact) mass is 455 g/mol. The van der Waals surface area contributed by atoms with Crippen LogP contribution in [0.5, 0.6) is 0 Å². The van der Waals surface area contributed by atoms with E-state index in [0.29, 0.717) is 32.5 Å². The van der Waals surface area contributed by atoms with Crippen molar-refractivity contribution in [2.45, 2.75) is 31.6 Å². The Balaban J connectivity index is 1.21. The Hall–Kier alpha value is -3.60. The average Bonchev–Trinajstić information content (AvgIpc) is 3.18. The number of amides is 1. The molecule has 5 rings (SSSR count). The third-order valence-corrected chi connectivity index (χ3v) is 7.31. The van der Waals surface area contributed by atoms with Crippen LogP contribution < -0.4 is 0 Å². The third-order valence-electron chi connectivity index (χ3n) is 7.31. The van der Waals surface area contributed by atoms with Crippen molar-refractivity contribution < 1.29 is 19.4 Å². The number of carboxylic acids is 1. The van der Waals surface area contributed by atoms with Gasteiger partial charge in [-0.15, -0.1) is 0 Å². The first-order valence-electron chi connectivity index (χ1n) is 11.9. The van der Waals surface area contributed by atoms with Crippen molar-refractivity contribution >= 4 is 12.1 Å². The van der Waals surface area contributed by atoms with Gasteiger partial charge in [-0.2, -0.15) is 0 Å². The van der Waals surface area contributed by atoms with E-state index in [9.17, 15) is 14.7 Å². The molecule has 1 heterocycles. The maximum Gasteiger partial charge on any atom is 0.409 e. The number of carboxylic acid groups (broad SMARTS) is 1. The van der Waals surface area contributed by atoms with Gasteiger partial charge in [0.1, 0.15) is 6.61 Å². The number of fused-ring (bicyclic) bond motifs is 3. The first-order chi connectivity index (χ1) is 16.5. The molecule has 1 atom stereocenters. The Morgan fingerprint density at radius 2 is 1.47 bits per heavy atom. The highest BCUT2D eigenvalue weighted by atomic mass is 16.6. The fourth-order valence-electron chi connectivity index (χ4n) is 5.49. The summed E-state index contributed by atoms with van der Waals surface area (Å²) < 4.78 is 5.79. The summed E-state index contributed by atoms with van der Waals surface area (Å²) in [4.78, 5) is 26.6. The number of ether oxygens (including phenoxy) is 1. The molecule has 1 unspecified atom stereocenters. The molecule has 174 valence electrons. The van der Waals surface area contributed by atoms with Gasteiger partial charge in [-0.1, -0.05) is 78.4 Å². The molecule has 0 radical (unpaired) electrons. The number of aryl methyl sites for hydroxylation is 1. The number of aliphatic carboxylic acids is 1. The van der Waals surface area contributed by atoms with E-state index in [2.05, 4.69) is 24.3 Å². The highest BCUT2D eigenvalue weighted by Crippen LogP contribution is 2.44. The molecule has 1 fully saturated rings. The van der Waals surface area contributed by atoms with E-state index < -0.39 is 11.9 Å². The number of hydrogen-bond donors (Lipinski definition) is 1. The summed E-state index contributed by atoms with van der Waals surface area (Å²) in [6.45, 7) is 3.31. The Morgan fingerprint density at radius 1 is 0.912 bits per heavy atom. The molecule has 3 aromatic carbocycles. The maximum absolute atomic E-state index is 12.9. The highest BCUT2D eigenvalue weighted by molar-refractivity contribution is 5.79. The molecule has 2 aliphatic rings. The normalized spacial score (nSPS) is 16.6. The summed E-state index contributed by atoms with van der Waals surface area (Å²) >= 11 is 0. The van der Waals surface area contributed by atoms with Crippen molar-refractivity contribution in [2.75, 3.05) is 19.7 Å². The second kappa shape index (κ2) is 9.34. The van der Waals surface area contributed by atoms with Gasteiger partial charge in [-0.05, 0) is 53.5 Å². The smallest absolute Gasteiger partial charge is 0.409 e. The van der Waals surface area contributed by atoms with Gasteiger partial charge in [0.25, 0.3) is 0 Å². The van der Waals surface area contributed by atoms with Crippen LogP contribution in [0.25, 0.3) is 11.1 Å². The Morgan fingerprint density at radius 3 is 2.03 bits per heavy atom. The highest BCUT2D eigenvalue weighted by Gasteiger charge is 2.35. The Kier molecular flexibility index (Phi) is 6.10. The van der Waals surface area contributed by atoms with Crippen molar-refractivity contribution in [1.29, 1.82) is 0 Å². The third kappa shape index (κ3) is 4.18. The van der Waals surface area contributed by atoms with Crippen LogP contribution in [0.1, 0.15) is 46.9 Å². The molecular formula is C29H29NO4. The number of rotatable bonds is 5. The van der Waals surface area contributed by atoms with Crippen LogP contribution in [-0.2, 0) is 9.53 Å². The molecule has 5 nitrogen and oxygen atoms in total. The molecule has 1 aliphatic heterocycles. The molecule has 1 amide bonds. The molecule has 34 heavy (non-hydrogen) atoms. The molecule has 3 aromatic rings. The van der Waals surface area contributed by atoms with E-state index in [4.69, 9.17) is 4.74 Å². The fraction of sp³-hybridized carbons (Fsp3) is 0.310. The second-order valence-electron chi connectivity index (χ2n) is 9.36. The zero-order valence-electron chi connectivity index (χ0n) is 19.3. The lowest BCUT2D eigenvalue weighted by Crippen LogP contribution is -2.41. The average molecular weight is 456 g/mol. The van der Waals surface area contributed by atoms with Crippen LogP contribution in [0, 0.1) is 12.8 Å². The largest absolute Gasteiger partial charge is 0.481 e. The topological polar surface area (TPSA) is 66.8 Å². The zero-order valence-corrected chi connectivity index (χ0v) is 19.3. The molecule has 1 aliphatic carbocycles. The molecule has 5 heteroatoms. The van der Waals surface area contributed by atoms with Crippen molar-refractivity contribution in [2.24, 2.45) is 5.92 Å². The van der Waals surface area contributed by atoms with E-state index in [-0.39, 0.29) is 17.9 Å². The number of nitrogens with zero attached hydrogens (tertiary/aromatic N) is 1. The van der Waals surface area contributed by atoms with E-state index in [1.807, 2.05) is 55.5 Å². The van der Waals surface area contributed by atoms with Gasteiger partial charge in [-0.25, -0.2) is 4.79 Å². The second-order valence-corrected chi connectivity index (χ2v) is 9.36. The first-order valence-corrected chi connectivity index (χ1v) is 11.9. The van der Waals surface area contributed by atoms with Crippen molar-refractivity contribution in [3.05, 3.63) is 95.1 Å². The predicted molar refractivity (Wildman–Crippen MR) is 131 cm³/mol. The van der Waals surface area contributed by atoms with Gasteiger partial charge in [0, 0.05) is 19.0 Å². The van der Waals surface area contributed by atoms with E-state index in [1.54, 1.807) is 4.90 Å². The van der Waals surface area contributed by atoms with Gasteiger partial charge in [0.05, 0.1) is 5.92 Å². The quantitative estimate of drug-likeness (QED) is 0.526. The summed E-state index contributed by atoms with van der Waals surface area (Å²) in [5, 5.41) is 9.88. The standard InChI is InChI=1S/C29H29NO4/c1-19-10-12-20(13-11-19)27(28(31)32)21-14-16-30(17-15-21)29(33)34-18-26-24-8-4-2-6-22(24)23-7-3-5-9-25(23)26/h2-13,21,26-27H,14-18H2,1H3,(H,31,32). The number of piperidine rings is 1. The van der Waals surface area contributed by atoms with Crippen LogP contribution in [0.2, 0.25) is 0 Å². The SMILES string of the molecule is Cc1ccc(C(C(=O)O)C2CCN(C(=O)OCC3c4ccccc4-c4ccccc43)CC2)cc1. The molecular weight excluding hydrogens is 426 g/mol. The first kappa shape index (κ1) is 22.2. The van der Waals surface area contributed by atoms with Gasteiger partial charge in [-0.3, -0.25) is 4.79 Å². The summed E-state index contributed by atoms with van der Waals surface area (Å²) in [6.07, 6.45) is 0.979. The van der Waals surface area contributed by atoms with Gasteiger partial charge in [0.15, 0.2) is 0 Å². The fourth-order valence-corrected chi connectivity index (χ4v) is 5.49. The summed E-state index contributed by atoms with van der Waals surface area (Å²) in [5.74, 6) is -1.32. The number of carbonyl (C=O) groups excluding carboxylic acids is 1. The number of benzene rings is 3. The van der Waals surface area contributed by atoms with E-state index >= 15 is 0 Å². The van der Waals surface area contributed by atoms with Crippen molar-refractivity contribution in [1.82, 2.24) is 4.90 Å². The van der Waals surface area contributed by atoms with Gasteiger partial charge < -0.3 is 14.7 Å². The van der Waals surface area contributed by atoms with Crippen LogP contribution in [0.15, 0.2) is 72.8 Å². The van der Waals surface area contributed by atoms with Crippen LogP contribution in [0.4, 0.5) is 4.79 Å². The lowest BCUT2D eigenvalue weighted by molar-refractivity contribution is -0.140. The maximum atomic E-state index is 12.9. The number of carbonyl (C=O) groups is 2. The molecule has 0 aromatic heterocycles. The Labute approximate surface area is 200 Å². The van der Waals surface area contributed by atoms with Crippen molar-refractivity contribution in [3.63, 3.8) is 0 Å². The summed E-state index contributed by atoms with van der Waals surface area (Å²) in [5.41, 5.74) is 6.73. The van der Waals surface area contributed by atoms with E-state index in [0.717, 1.165) is 11.1 Å². The zero-order chi connectivity index (χ0) is 23.7. The summed E-state index contributed by atoms with van der Waals surface area (Å²) in [6, 6.07) is 24.3. The number of hydrogen-bond acceptors (Lipinski definition) is 3. The Bertz CT molecular complexity index is 1150. The minimum absolute atomic E-state index is 0.00200. The van der Waals surface area contributed by atoms with Crippen molar-refractivity contribution in [3.8, 4) is 11.1 Å². The van der Waals surface area contributed by atoms with Crippen LogP contribution in [-0.4, -0.2) is 41.8 Å². The molecule has 1 N–H and O–H groups in total. The molecule has 0 spiro atoms. The summed E-state index contributed by atoms with van der Waals surface area (Å²) in [7, 11) is 0. The van der Waals surface area contributed by atoms with Gasteiger partial charge in [0.2, 0.25) is 0 Å². The minimum atomic E-state index is -0.802. The molecule has 0 saturated carbocycles. The lowest BCUT2D eigenvalue weighted by Gasteiger charge is -2.34. The number of likely N-dealkylation sites (tertiary alicyclic amines) is 1.